The van der Waals surface area contributed by atoms with E-state index in [1.54, 1.807) is 0 Å². The van der Waals surface area contributed by atoms with Crippen molar-refractivity contribution in [3.63, 3.8) is 0 Å². The van der Waals surface area contributed by atoms with Gasteiger partial charge in [0.25, 0.3) is 0 Å². The lowest BCUT2D eigenvalue weighted by molar-refractivity contribution is -0.192. The fourth-order valence-corrected chi connectivity index (χ4v) is 2.04. The Bertz CT molecular complexity index is 516. The Hall–Kier alpha value is -1.95. The highest BCUT2D eigenvalue weighted by molar-refractivity contribution is 6.99. The van der Waals surface area contributed by atoms with Crippen LogP contribution in [0.2, 0.25) is 0 Å². The quantitative estimate of drug-likeness (QED) is 0.720. The number of amides is 1. The number of hydrogen-bond acceptors (Lipinski definition) is 7. The Labute approximate surface area is 127 Å². The van der Waals surface area contributed by atoms with Gasteiger partial charge in [-0.3, -0.25) is 4.79 Å². The van der Waals surface area contributed by atoms with Gasteiger partial charge in [-0.25, -0.2) is 4.79 Å². The van der Waals surface area contributed by atoms with Gasteiger partial charge in [-0.1, -0.05) is 0 Å². The van der Waals surface area contributed by atoms with Crippen LogP contribution in [-0.2, 0) is 9.59 Å². The highest BCUT2D eigenvalue weighted by atomic mass is 32.1. The van der Waals surface area contributed by atoms with Crippen molar-refractivity contribution in [2.24, 2.45) is 0 Å². The Morgan fingerprint density at radius 3 is 2.32 bits per heavy atom. The van der Waals surface area contributed by atoms with Gasteiger partial charge in [0.1, 0.15) is 0 Å². The lowest BCUT2D eigenvalue weighted by atomic mass is 10.3. The van der Waals surface area contributed by atoms with Crippen LogP contribution in [0.5, 0.6) is 0 Å². The smallest absolute Gasteiger partial charge is 0.475 e. The van der Waals surface area contributed by atoms with Crippen molar-refractivity contribution in [3.05, 3.63) is 0 Å². The zero-order valence-electron chi connectivity index (χ0n) is 11.5. The molecule has 8 nitrogen and oxygen atoms in total. The molecule has 0 radical (unpaired) electrons. The molecule has 1 aromatic heterocycles. The van der Waals surface area contributed by atoms with Gasteiger partial charge in [0, 0.05) is 33.1 Å². The molecule has 0 saturated carbocycles. The predicted octanol–water partition coefficient (Wildman–Crippen LogP) is 0.539. The van der Waals surface area contributed by atoms with Gasteiger partial charge in [-0.2, -0.15) is 21.9 Å². The van der Waals surface area contributed by atoms with E-state index in [1.807, 2.05) is 0 Å². The standard InChI is InChI=1S/C8H13N5OS.C2HF3O2/c1-6(14)10-7-8(12-15-11-7)13-4-2-9-3-5-13;3-2(4,5)1(6)7/h9H,2-5H2,1H3,(H,10,11,14);(H,6,7). The van der Waals surface area contributed by atoms with E-state index in [2.05, 4.69) is 24.3 Å². The van der Waals surface area contributed by atoms with Crippen LogP contribution in [0.25, 0.3) is 0 Å². The molecule has 0 aromatic carbocycles. The molecular formula is C10H14F3N5O3S. The van der Waals surface area contributed by atoms with Crippen molar-refractivity contribution in [1.82, 2.24) is 14.1 Å². The van der Waals surface area contributed by atoms with E-state index in [0.29, 0.717) is 5.82 Å². The topological polar surface area (TPSA) is 107 Å². The van der Waals surface area contributed by atoms with Crippen LogP contribution < -0.4 is 15.5 Å². The first-order valence-corrected chi connectivity index (χ1v) is 6.80. The van der Waals surface area contributed by atoms with Gasteiger partial charge in [0.15, 0.2) is 11.6 Å². The number of aromatic nitrogens is 2. The number of nitrogens with zero attached hydrogens (tertiary/aromatic N) is 3. The highest BCUT2D eigenvalue weighted by Gasteiger charge is 2.38. The molecule has 1 amide bonds. The van der Waals surface area contributed by atoms with Crippen LogP contribution in [0.3, 0.4) is 0 Å². The molecule has 22 heavy (non-hydrogen) atoms. The number of nitrogens with one attached hydrogen (secondary N) is 2. The second-order valence-electron chi connectivity index (χ2n) is 4.16. The maximum atomic E-state index is 10.9. The zero-order chi connectivity index (χ0) is 16.8. The number of carbonyl (C=O) groups is 2. The molecule has 1 saturated heterocycles. The highest BCUT2D eigenvalue weighted by Crippen LogP contribution is 2.23. The van der Waals surface area contributed by atoms with Crippen molar-refractivity contribution >= 4 is 35.2 Å². The fourth-order valence-electron chi connectivity index (χ4n) is 1.51. The number of rotatable bonds is 2. The molecule has 2 heterocycles. The minimum atomic E-state index is -5.08. The summed E-state index contributed by atoms with van der Waals surface area (Å²) < 4.78 is 40.0. The van der Waals surface area contributed by atoms with Crippen LogP contribution in [0.1, 0.15) is 6.92 Å². The molecule has 1 aliphatic heterocycles. The molecule has 1 aliphatic rings. The number of alkyl halides is 3. The summed E-state index contributed by atoms with van der Waals surface area (Å²) in [6.07, 6.45) is -5.08. The number of hydrogen-bond donors (Lipinski definition) is 3. The zero-order valence-corrected chi connectivity index (χ0v) is 12.3. The van der Waals surface area contributed by atoms with Crippen molar-refractivity contribution in [2.75, 3.05) is 36.4 Å². The Morgan fingerprint density at radius 1 is 1.32 bits per heavy atom. The lowest BCUT2D eigenvalue weighted by Crippen LogP contribution is -2.44. The van der Waals surface area contributed by atoms with E-state index < -0.39 is 12.1 Å². The SMILES string of the molecule is CC(=O)Nc1nsnc1N1CCNCC1.O=C(O)C(F)(F)F. The molecule has 0 unspecified atom stereocenters. The first kappa shape index (κ1) is 18.1. The number of carbonyl (C=O) groups excluding carboxylic acids is 1. The summed E-state index contributed by atoms with van der Waals surface area (Å²) in [4.78, 5) is 22.0. The summed E-state index contributed by atoms with van der Waals surface area (Å²) in [5.41, 5.74) is 0. The molecule has 3 N–H and O–H groups in total. The summed E-state index contributed by atoms with van der Waals surface area (Å²) in [6.45, 7) is 5.16. The molecule has 0 aliphatic carbocycles. The number of anilines is 2. The van der Waals surface area contributed by atoms with Gasteiger partial charge >= 0.3 is 12.1 Å². The first-order chi connectivity index (χ1) is 10.2. The second-order valence-corrected chi connectivity index (χ2v) is 4.69. The Kier molecular flexibility index (Phi) is 6.49. The van der Waals surface area contributed by atoms with E-state index >= 15 is 0 Å². The third kappa shape index (κ3) is 5.81. The normalized spacial score (nSPS) is 14.8. The van der Waals surface area contributed by atoms with Crippen molar-refractivity contribution in [3.8, 4) is 0 Å². The number of halogens is 3. The van der Waals surface area contributed by atoms with Crippen LogP contribution in [0, 0.1) is 0 Å². The van der Waals surface area contributed by atoms with Gasteiger partial charge in [-0.15, -0.1) is 0 Å². The monoisotopic (exact) mass is 341 g/mol. The molecule has 124 valence electrons. The fraction of sp³-hybridized carbons (Fsp3) is 0.600. The molecular weight excluding hydrogens is 327 g/mol. The van der Waals surface area contributed by atoms with Gasteiger partial charge in [0.05, 0.1) is 11.7 Å². The summed E-state index contributed by atoms with van der Waals surface area (Å²) in [5, 5.41) is 13.1. The average molecular weight is 341 g/mol. The summed E-state index contributed by atoms with van der Waals surface area (Å²) in [5.74, 6) is -1.50. The third-order valence-corrected chi connectivity index (χ3v) is 2.94. The number of carboxylic acid groups (broad SMARTS) is 1. The largest absolute Gasteiger partial charge is 0.490 e. The summed E-state index contributed by atoms with van der Waals surface area (Å²) in [6, 6.07) is 0. The van der Waals surface area contributed by atoms with Crippen LogP contribution in [0.4, 0.5) is 24.8 Å². The van der Waals surface area contributed by atoms with Crippen LogP contribution in [-0.4, -0.2) is 58.1 Å². The van der Waals surface area contributed by atoms with Crippen LogP contribution in [0.15, 0.2) is 0 Å². The maximum Gasteiger partial charge on any atom is 0.490 e. The molecule has 12 heteroatoms. The molecule has 2 rings (SSSR count). The molecule has 0 bridgehead atoms. The Balaban J connectivity index is 0.000000295. The average Bonchev–Trinajstić information content (AvgIpc) is 2.86. The van der Waals surface area contributed by atoms with E-state index in [4.69, 9.17) is 9.90 Å². The minimum Gasteiger partial charge on any atom is -0.475 e. The Morgan fingerprint density at radius 2 is 1.86 bits per heavy atom. The number of aliphatic carboxylic acids is 1. The van der Waals surface area contributed by atoms with Crippen LogP contribution >= 0.6 is 11.7 Å². The molecule has 0 atom stereocenters. The summed E-state index contributed by atoms with van der Waals surface area (Å²) in [7, 11) is 0. The first-order valence-electron chi connectivity index (χ1n) is 6.07. The van der Waals surface area contributed by atoms with E-state index in [1.165, 1.54) is 6.92 Å². The van der Waals surface area contributed by atoms with E-state index in [-0.39, 0.29) is 5.91 Å². The molecule has 1 fully saturated rings. The predicted molar refractivity (Wildman–Crippen MR) is 73.0 cm³/mol. The maximum absolute atomic E-state index is 10.9. The number of piperazine rings is 1. The molecule has 1 aromatic rings. The lowest BCUT2D eigenvalue weighted by Gasteiger charge is -2.27. The third-order valence-electron chi connectivity index (χ3n) is 2.42. The van der Waals surface area contributed by atoms with E-state index in [9.17, 15) is 18.0 Å². The van der Waals surface area contributed by atoms with E-state index in [0.717, 1.165) is 43.7 Å². The van der Waals surface area contributed by atoms with Gasteiger partial charge in [-0.05, 0) is 0 Å². The van der Waals surface area contributed by atoms with Crippen molar-refractivity contribution < 1.29 is 27.9 Å². The van der Waals surface area contributed by atoms with Crippen molar-refractivity contribution in [1.29, 1.82) is 0 Å². The molecule has 0 spiro atoms. The van der Waals surface area contributed by atoms with Gasteiger partial charge < -0.3 is 20.6 Å². The summed E-state index contributed by atoms with van der Waals surface area (Å²) >= 11 is 1.13. The second kappa shape index (κ2) is 7.89. The minimum absolute atomic E-state index is 0.112. The number of carboxylic acids is 1. The van der Waals surface area contributed by atoms with Crippen molar-refractivity contribution in [2.45, 2.75) is 13.1 Å². The van der Waals surface area contributed by atoms with Gasteiger partial charge in [0.2, 0.25) is 5.91 Å².